The van der Waals surface area contributed by atoms with Crippen molar-refractivity contribution in [2.75, 3.05) is 11.9 Å². The van der Waals surface area contributed by atoms with E-state index in [-0.39, 0.29) is 11.9 Å². The zero-order valence-electron chi connectivity index (χ0n) is 9.53. The highest BCUT2D eigenvalue weighted by Gasteiger charge is 2.30. The van der Waals surface area contributed by atoms with Gasteiger partial charge in [0.2, 0.25) is 0 Å². The molecule has 2 rings (SSSR count). The number of ether oxygens (including phenoxy) is 1. The van der Waals surface area contributed by atoms with Crippen molar-refractivity contribution in [3.8, 4) is 0 Å². The molecule has 4 nitrogen and oxygen atoms in total. The first-order valence-electron chi connectivity index (χ1n) is 5.63. The van der Waals surface area contributed by atoms with E-state index in [4.69, 9.17) is 9.84 Å². The molecule has 0 radical (unpaired) electrons. The smallest absolute Gasteiger partial charge is 0.332 e. The molecular formula is C12H13BrFNO3. The lowest BCUT2D eigenvalue weighted by Gasteiger charge is -2.14. The van der Waals surface area contributed by atoms with Crippen molar-refractivity contribution >= 4 is 27.6 Å². The summed E-state index contributed by atoms with van der Waals surface area (Å²) < 4.78 is 19.2. The number of anilines is 1. The van der Waals surface area contributed by atoms with E-state index in [1.807, 2.05) is 0 Å². The summed E-state index contributed by atoms with van der Waals surface area (Å²) in [6, 6.07) is 4.36. The number of halogens is 2. The van der Waals surface area contributed by atoms with Crippen LogP contribution in [-0.4, -0.2) is 29.8 Å². The first kappa shape index (κ1) is 13.3. The molecule has 1 aliphatic heterocycles. The third-order valence-electron chi connectivity index (χ3n) is 2.83. The summed E-state index contributed by atoms with van der Waals surface area (Å²) in [4.78, 5) is 10.7. The Labute approximate surface area is 112 Å². The largest absolute Gasteiger partial charge is 0.479 e. The number of carboxylic acids is 1. The van der Waals surface area contributed by atoms with Crippen molar-refractivity contribution < 1.29 is 19.0 Å². The van der Waals surface area contributed by atoms with Crippen LogP contribution >= 0.6 is 15.9 Å². The Morgan fingerprint density at radius 2 is 2.33 bits per heavy atom. The third-order valence-corrected chi connectivity index (χ3v) is 3.52. The fourth-order valence-electron chi connectivity index (χ4n) is 1.89. The van der Waals surface area contributed by atoms with Crippen molar-refractivity contribution in [1.29, 1.82) is 0 Å². The minimum absolute atomic E-state index is 0.152. The summed E-state index contributed by atoms with van der Waals surface area (Å²) in [6.07, 6.45) is 0.345. The second kappa shape index (κ2) is 5.67. The molecule has 2 atom stereocenters. The molecule has 1 aromatic carbocycles. The number of hydrogen-bond donors (Lipinski definition) is 2. The average molecular weight is 318 g/mol. The van der Waals surface area contributed by atoms with E-state index in [1.54, 1.807) is 6.07 Å². The summed E-state index contributed by atoms with van der Waals surface area (Å²) in [7, 11) is 0. The van der Waals surface area contributed by atoms with Crippen LogP contribution in [0.25, 0.3) is 0 Å². The highest BCUT2D eigenvalue weighted by Crippen LogP contribution is 2.25. The highest BCUT2D eigenvalue weighted by molar-refractivity contribution is 9.10. The molecular weight excluding hydrogens is 305 g/mol. The van der Waals surface area contributed by atoms with E-state index in [1.165, 1.54) is 12.1 Å². The minimum atomic E-state index is -0.926. The number of benzene rings is 1. The third kappa shape index (κ3) is 3.20. The quantitative estimate of drug-likeness (QED) is 0.896. The van der Waals surface area contributed by atoms with Crippen LogP contribution in [-0.2, 0) is 9.53 Å². The van der Waals surface area contributed by atoms with E-state index in [2.05, 4.69) is 21.2 Å². The van der Waals surface area contributed by atoms with Gasteiger partial charge in [-0.1, -0.05) is 0 Å². The fraction of sp³-hybridized carbons (Fsp3) is 0.417. The molecule has 1 aromatic rings. The van der Waals surface area contributed by atoms with Crippen LogP contribution in [0, 0.1) is 5.82 Å². The number of rotatable bonds is 4. The molecule has 0 spiro atoms. The van der Waals surface area contributed by atoms with Gasteiger partial charge in [0, 0.05) is 11.0 Å². The highest BCUT2D eigenvalue weighted by atomic mass is 79.9. The lowest BCUT2D eigenvalue weighted by Crippen LogP contribution is -2.24. The van der Waals surface area contributed by atoms with Gasteiger partial charge in [-0.3, -0.25) is 0 Å². The van der Waals surface area contributed by atoms with E-state index in [0.717, 1.165) is 4.47 Å². The maximum absolute atomic E-state index is 13.0. The van der Waals surface area contributed by atoms with Crippen molar-refractivity contribution in [1.82, 2.24) is 0 Å². The van der Waals surface area contributed by atoms with Gasteiger partial charge in [-0.05, 0) is 47.0 Å². The Hall–Kier alpha value is -1.14. The summed E-state index contributed by atoms with van der Waals surface area (Å²) in [6.45, 7) is 0.464. The molecule has 0 aliphatic carbocycles. The Morgan fingerprint density at radius 1 is 1.56 bits per heavy atom. The molecule has 0 bridgehead atoms. The van der Waals surface area contributed by atoms with Gasteiger partial charge in [-0.25, -0.2) is 9.18 Å². The first-order chi connectivity index (χ1) is 8.56. The standard InChI is InChI=1S/C12H13BrFNO3/c13-9-3-1-7(14)5-10(9)15-6-8-2-4-11(18-8)12(16)17/h1,3,5,8,11,15H,2,4,6H2,(H,16,17). The van der Waals surface area contributed by atoms with Crippen LogP contribution in [0.4, 0.5) is 10.1 Å². The normalized spacial score (nSPS) is 23.0. The van der Waals surface area contributed by atoms with E-state index < -0.39 is 12.1 Å². The number of carbonyl (C=O) groups is 1. The van der Waals surface area contributed by atoms with Gasteiger partial charge in [0.1, 0.15) is 5.82 Å². The summed E-state index contributed by atoms with van der Waals surface area (Å²) in [5, 5.41) is 11.8. The van der Waals surface area contributed by atoms with Crippen molar-refractivity contribution in [3.63, 3.8) is 0 Å². The van der Waals surface area contributed by atoms with Gasteiger partial charge >= 0.3 is 5.97 Å². The lowest BCUT2D eigenvalue weighted by molar-refractivity contribution is -0.149. The zero-order valence-corrected chi connectivity index (χ0v) is 11.1. The summed E-state index contributed by atoms with van der Waals surface area (Å²) in [5.41, 5.74) is 0.636. The van der Waals surface area contributed by atoms with E-state index in [0.29, 0.717) is 25.1 Å². The van der Waals surface area contributed by atoms with Gasteiger partial charge in [0.15, 0.2) is 6.10 Å². The number of carboxylic acid groups (broad SMARTS) is 1. The first-order valence-corrected chi connectivity index (χ1v) is 6.43. The average Bonchev–Trinajstić information content (AvgIpc) is 2.79. The molecule has 2 N–H and O–H groups in total. The Balaban J connectivity index is 1.89. The van der Waals surface area contributed by atoms with Crippen LogP contribution in [0.1, 0.15) is 12.8 Å². The van der Waals surface area contributed by atoms with Gasteiger partial charge in [-0.2, -0.15) is 0 Å². The van der Waals surface area contributed by atoms with Crippen LogP contribution in [0.5, 0.6) is 0 Å². The Bertz CT molecular complexity index is 455. The molecule has 1 saturated heterocycles. The molecule has 2 unspecified atom stereocenters. The van der Waals surface area contributed by atoms with Crippen molar-refractivity contribution in [2.45, 2.75) is 25.0 Å². The fourth-order valence-corrected chi connectivity index (χ4v) is 2.28. The topological polar surface area (TPSA) is 58.6 Å². The molecule has 0 amide bonds. The predicted molar refractivity (Wildman–Crippen MR) is 68.1 cm³/mol. The van der Waals surface area contributed by atoms with Gasteiger partial charge < -0.3 is 15.2 Å². The number of aliphatic carboxylic acids is 1. The molecule has 0 aromatic heterocycles. The summed E-state index contributed by atoms with van der Waals surface area (Å²) >= 11 is 3.31. The molecule has 1 heterocycles. The maximum atomic E-state index is 13.0. The molecule has 1 fully saturated rings. The second-order valence-electron chi connectivity index (χ2n) is 4.17. The number of hydrogen-bond acceptors (Lipinski definition) is 3. The van der Waals surface area contributed by atoms with Gasteiger partial charge in [0.25, 0.3) is 0 Å². The van der Waals surface area contributed by atoms with Gasteiger partial charge in [-0.15, -0.1) is 0 Å². The van der Waals surface area contributed by atoms with Crippen molar-refractivity contribution in [3.05, 3.63) is 28.5 Å². The zero-order chi connectivity index (χ0) is 13.1. The minimum Gasteiger partial charge on any atom is -0.479 e. The van der Waals surface area contributed by atoms with E-state index >= 15 is 0 Å². The lowest BCUT2D eigenvalue weighted by atomic mass is 10.2. The van der Waals surface area contributed by atoms with Gasteiger partial charge in [0.05, 0.1) is 11.8 Å². The van der Waals surface area contributed by atoms with Crippen LogP contribution in [0.3, 0.4) is 0 Å². The van der Waals surface area contributed by atoms with E-state index in [9.17, 15) is 9.18 Å². The predicted octanol–water partition coefficient (Wildman–Crippen LogP) is 2.63. The Morgan fingerprint density at radius 3 is 3.00 bits per heavy atom. The maximum Gasteiger partial charge on any atom is 0.332 e. The molecule has 6 heteroatoms. The molecule has 18 heavy (non-hydrogen) atoms. The second-order valence-corrected chi connectivity index (χ2v) is 5.02. The summed E-state index contributed by atoms with van der Waals surface area (Å²) in [5.74, 6) is -1.25. The Kier molecular flexibility index (Phi) is 4.19. The SMILES string of the molecule is O=C(O)C1CCC(CNc2cc(F)ccc2Br)O1. The monoisotopic (exact) mass is 317 g/mol. The van der Waals surface area contributed by atoms with Crippen LogP contribution in [0.2, 0.25) is 0 Å². The van der Waals surface area contributed by atoms with Crippen LogP contribution < -0.4 is 5.32 Å². The number of nitrogens with one attached hydrogen (secondary N) is 1. The van der Waals surface area contributed by atoms with Crippen molar-refractivity contribution in [2.24, 2.45) is 0 Å². The molecule has 98 valence electrons. The molecule has 0 saturated carbocycles. The molecule has 1 aliphatic rings. The van der Waals surface area contributed by atoms with Crippen LogP contribution in [0.15, 0.2) is 22.7 Å².